The van der Waals surface area contributed by atoms with Gasteiger partial charge in [-0.3, -0.25) is 0 Å². The van der Waals surface area contributed by atoms with Crippen LogP contribution in [-0.2, 0) is 13.7 Å². The molecule has 0 unspecified atom stereocenters. The Labute approximate surface area is 73.8 Å². The van der Waals surface area contributed by atoms with Gasteiger partial charge in [-0.2, -0.15) is 4.98 Å². The summed E-state index contributed by atoms with van der Waals surface area (Å²) in [4.78, 5) is 7.93. The van der Waals surface area contributed by atoms with Gasteiger partial charge in [-0.15, -0.1) is 0 Å². The minimum atomic E-state index is -0.226. The maximum Gasteiger partial charge on any atom is 0.278 e. The first-order valence-electron chi connectivity index (χ1n) is 3.71. The van der Waals surface area contributed by atoms with Gasteiger partial charge in [0.1, 0.15) is 12.3 Å². The number of aromatic nitrogens is 4. The van der Waals surface area contributed by atoms with Crippen molar-refractivity contribution in [2.75, 3.05) is 0 Å². The average Bonchev–Trinajstić information content (AvgIpc) is 2.71. The smallest absolute Gasteiger partial charge is 0.278 e. The largest absolute Gasteiger partial charge is 0.388 e. The Hall–Kier alpha value is -1.69. The predicted octanol–water partition coefficient (Wildman–Crippen LogP) is -0.0376. The predicted molar refractivity (Wildman–Crippen MR) is 42.4 cm³/mol. The molecular formula is C7H8N4O2. The van der Waals surface area contributed by atoms with Crippen LogP contribution in [0.2, 0.25) is 0 Å². The van der Waals surface area contributed by atoms with E-state index in [0.29, 0.717) is 11.6 Å². The Morgan fingerprint density at radius 1 is 1.62 bits per heavy atom. The van der Waals surface area contributed by atoms with Crippen LogP contribution in [0.3, 0.4) is 0 Å². The van der Waals surface area contributed by atoms with Crippen LogP contribution in [0.25, 0.3) is 11.6 Å². The molecule has 2 rings (SSSR count). The van der Waals surface area contributed by atoms with Crippen LogP contribution in [-0.4, -0.2) is 24.8 Å². The fraction of sp³-hybridized carbons (Fsp3) is 0.286. The number of nitrogens with zero attached hydrogens (tertiary/aromatic N) is 4. The molecule has 13 heavy (non-hydrogen) atoms. The van der Waals surface area contributed by atoms with E-state index in [1.54, 1.807) is 17.1 Å². The van der Waals surface area contributed by atoms with E-state index in [1.807, 2.05) is 7.05 Å². The van der Waals surface area contributed by atoms with Crippen LogP contribution in [0.5, 0.6) is 0 Å². The zero-order valence-corrected chi connectivity index (χ0v) is 7.01. The van der Waals surface area contributed by atoms with Crippen LogP contribution < -0.4 is 0 Å². The molecule has 0 amide bonds. The van der Waals surface area contributed by atoms with Gasteiger partial charge < -0.3 is 14.2 Å². The van der Waals surface area contributed by atoms with E-state index in [0.717, 1.165) is 0 Å². The molecule has 0 aliphatic carbocycles. The summed E-state index contributed by atoms with van der Waals surface area (Å²) in [5, 5.41) is 12.2. The second-order valence-corrected chi connectivity index (χ2v) is 2.60. The van der Waals surface area contributed by atoms with Crippen LogP contribution in [0.1, 0.15) is 5.82 Å². The van der Waals surface area contributed by atoms with Gasteiger partial charge in [-0.25, -0.2) is 4.98 Å². The lowest BCUT2D eigenvalue weighted by Crippen LogP contribution is -1.84. The van der Waals surface area contributed by atoms with Crippen molar-refractivity contribution >= 4 is 0 Å². The number of aliphatic hydroxyl groups is 1. The molecule has 2 heterocycles. The molecule has 0 saturated heterocycles. The quantitative estimate of drug-likeness (QED) is 0.701. The van der Waals surface area contributed by atoms with Crippen molar-refractivity contribution in [1.82, 2.24) is 19.7 Å². The molecule has 0 aliphatic rings. The molecule has 6 heteroatoms. The van der Waals surface area contributed by atoms with Crippen molar-refractivity contribution in [2.45, 2.75) is 6.61 Å². The monoisotopic (exact) mass is 180 g/mol. The van der Waals surface area contributed by atoms with Crippen molar-refractivity contribution in [1.29, 1.82) is 0 Å². The molecule has 0 atom stereocenters. The zero-order chi connectivity index (χ0) is 9.26. The maximum atomic E-state index is 8.69. The van der Waals surface area contributed by atoms with Gasteiger partial charge in [0, 0.05) is 13.2 Å². The highest BCUT2D eigenvalue weighted by Gasteiger charge is 2.09. The lowest BCUT2D eigenvalue weighted by atomic mass is 10.5. The molecule has 1 N–H and O–H groups in total. The number of hydrogen-bond acceptors (Lipinski definition) is 5. The summed E-state index contributed by atoms with van der Waals surface area (Å²) in [6.07, 6.45) is 3.40. The van der Waals surface area contributed by atoms with Crippen molar-refractivity contribution in [2.24, 2.45) is 7.05 Å². The fourth-order valence-corrected chi connectivity index (χ4v) is 0.945. The lowest BCUT2D eigenvalue weighted by Gasteiger charge is -1.83. The Morgan fingerprint density at radius 2 is 2.46 bits per heavy atom. The SMILES string of the molecule is Cn1cnc(-c2nc(CO)no2)c1. The molecule has 0 radical (unpaired) electrons. The van der Waals surface area contributed by atoms with E-state index >= 15 is 0 Å². The number of imidazole rings is 1. The summed E-state index contributed by atoms with van der Waals surface area (Å²) in [6, 6.07) is 0. The Bertz CT molecular complexity index is 406. The lowest BCUT2D eigenvalue weighted by molar-refractivity contribution is 0.264. The molecule has 6 nitrogen and oxygen atoms in total. The molecule has 0 fully saturated rings. The Kier molecular flexibility index (Phi) is 1.82. The van der Waals surface area contributed by atoms with E-state index in [1.165, 1.54) is 0 Å². The first-order chi connectivity index (χ1) is 6.29. The minimum Gasteiger partial charge on any atom is -0.388 e. The Morgan fingerprint density at radius 3 is 3.00 bits per heavy atom. The fourth-order valence-electron chi connectivity index (χ4n) is 0.945. The molecular weight excluding hydrogens is 172 g/mol. The van der Waals surface area contributed by atoms with Crippen molar-refractivity contribution < 1.29 is 9.63 Å². The first kappa shape index (κ1) is 7.93. The highest BCUT2D eigenvalue weighted by molar-refractivity contribution is 5.44. The summed E-state index contributed by atoms with van der Waals surface area (Å²) in [6.45, 7) is -0.226. The second kappa shape index (κ2) is 2.98. The van der Waals surface area contributed by atoms with Crippen molar-refractivity contribution in [3.63, 3.8) is 0 Å². The van der Waals surface area contributed by atoms with Crippen LogP contribution in [0, 0.1) is 0 Å². The van der Waals surface area contributed by atoms with E-state index in [2.05, 4.69) is 15.1 Å². The van der Waals surface area contributed by atoms with Gasteiger partial charge in [-0.1, -0.05) is 5.16 Å². The van der Waals surface area contributed by atoms with Gasteiger partial charge in [0.25, 0.3) is 5.89 Å². The van der Waals surface area contributed by atoms with Crippen molar-refractivity contribution in [3.05, 3.63) is 18.3 Å². The maximum absolute atomic E-state index is 8.69. The van der Waals surface area contributed by atoms with E-state index in [-0.39, 0.29) is 12.4 Å². The molecule has 0 aliphatic heterocycles. The topological polar surface area (TPSA) is 77.0 Å². The van der Waals surface area contributed by atoms with Crippen LogP contribution >= 0.6 is 0 Å². The van der Waals surface area contributed by atoms with Gasteiger partial charge in [0.05, 0.1) is 6.33 Å². The standard InChI is InChI=1S/C7H8N4O2/c1-11-2-5(8-4-11)7-9-6(3-12)10-13-7/h2,4,12H,3H2,1H3. The molecule has 2 aromatic rings. The van der Waals surface area contributed by atoms with Gasteiger partial charge in [0.2, 0.25) is 0 Å². The zero-order valence-electron chi connectivity index (χ0n) is 7.01. The molecule has 2 aromatic heterocycles. The second-order valence-electron chi connectivity index (χ2n) is 2.60. The Balaban J connectivity index is 2.35. The summed E-state index contributed by atoms with van der Waals surface area (Å²) in [5.41, 5.74) is 0.606. The third-order valence-corrected chi connectivity index (χ3v) is 1.53. The molecule has 68 valence electrons. The number of aryl methyl sites for hydroxylation is 1. The number of rotatable bonds is 2. The molecule has 0 aromatic carbocycles. The van der Waals surface area contributed by atoms with E-state index < -0.39 is 0 Å². The molecule has 0 saturated carbocycles. The van der Waals surface area contributed by atoms with Gasteiger partial charge >= 0.3 is 0 Å². The van der Waals surface area contributed by atoms with Gasteiger partial charge in [-0.05, 0) is 0 Å². The third-order valence-electron chi connectivity index (χ3n) is 1.53. The summed E-state index contributed by atoms with van der Waals surface area (Å²) in [5.74, 6) is 0.588. The summed E-state index contributed by atoms with van der Waals surface area (Å²) >= 11 is 0. The number of hydrogen-bond donors (Lipinski definition) is 1. The summed E-state index contributed by atoms with van der Waals surface area (Å²) < 4.78 is 6.63. The highest BCUT2D eigenvalue weighted by atomic mass is 16.5. The van der Waals surface area contributed by atoms with Crippen LogP contribution in [0.15, 0.2) is 17.0 Å². The van der Waals surface area contributed by atoms with E-state index in [9.17, 15) is 0 Å². The van der Waals surface area contributed by atoms with Crippen molar-refractivity contribution in [3.8, 4) is 11.6 Å². The van der Waals surface area contributed by atoms with Crippen LogP contribution in [0.4, 0.5) is 0 Å². The summed E-state index contributed by atoms with van der Waals surface area (Å²) in [7, 11) is 1.85. The third kappa shape index (κ3) is 1.43. The highest BCUT2D eigenvalue weighted by Crippen LogP contribution is 2.13. The minimum absolute atomic E-state index is 0.226. The van der Waals surface area contributed by atoms with E-state index in [4.69, 9.17) is 9.63 Å². The van der Waals surface area contributed by atoms with Gasteiger partial charge in [0.15, 0.2) is 5.82 Å². The number of aliphatic hydroxyl groups excluding tert-OH is 1. The average molecular weight is 180 g/mol. The first-order valence-corrected chi connectivity index (χ1v) is 3.71. The normalized spacial score (nSPS) is 10.6. The molecule has 0 bridgehead atoms. The molecule has 0 spiro atoms.